The first-order valence-electron chi connectivity index (χ1n) is 7.40. The molecule has 0 aliphatic heterocycles. The third kappa shape index (κ3) is 4.40. The lowest BCUT2D eigenvalue weighted by atomic mass is 10.2. The maximum atomic E-state index is 13.8. The first-order valence-corrected chi connectivity index (χ1v) is 9.61. The van der Waals surface area contributed by atoms with Crippen LogP contribution in [-0.4, -0.2) is 33.1 Å². The standard InChI is InChI=1S/C17H15FN4OS2/c1-24-14-9-5-4-8-13(14)19-15(23)10-25-17-20-16(21-22-17)11-6-2-3-7-12(11)18/h2-9H,10H2,1H3,(H,19,23)(H,20,21,22). The quantitative estimate of drug-likeness (QED) is 0.637. The molecule has 0 unspecified atom stereocenters. The Bertz CT molecular complexity index is 884. The number of nitrogens with one attached hydrogen (secondary N) is 2. The van der Waals surface area contributed by atoms with Crippen molar-refractivity contribution in [1.29, 1.82) is 0 Å². The zero-order chi connectivity index (χ0) is 17.6. The topological polar surface area (TPSA) is 70.7 Å². The molecule has 0 atom stereocenters. The van der Waals surface area contributed by atoms with E-state index in [2.05, 4.69) is 20.5 Å². The molecule has 0 spiro atoms. The van der Waals surface area contributed by atoms with Crippen LogP contribution >= 0.6 is 23.5 Å². The smallest absolute Gasteiger partial charge is 0.234 e. The number of hydrogen-bond acceptors (Lipinski definition) is 5. The molecule has 0 saturated carbocycles. The monoisotopic (exact) mass is 374 g/mol. The molecule has 5 nitrogen and oxygen atoms in total. The molecule has 0 saturated heterocycles. The van der Waals surface area contributed by atoms with Crippen molar-refractivity contribution in [3.8, 4) is 11.4 Å². The van der Waals surface area contributed by atoms with Crippen LogP contribution in [0.2, 0.25) is 0 Å². The molecule has 128 valence electrons. The van der Waals surface area contributed by atoms with Gasteiger partial charge in [-0.1, -0.05) is 36.0 Å². The average Bonchev–Trinajstić information content (AvgIpc) is 3.09. The van der Waals surface area contributed by atoms with Crippen LogP contribution in [0.15, 0.2) is 58.6 Å². The zero-order valence-electron chi connectivity index (χ0n) is 13.3. The number of aromatic nitrogens is 3. The van der Waals surface area contributed by atoms with E-state index in [0.29, 0.717) is 16.5 Å². The van der Waals surface area contributed by atoms with Gasteiger partial charge in [0.05, 0.1) is 17.0 Å². The number of nitrogens with zero attached hydrogens (tertiary/aromatic N) is 2. The fourth-order valence-electron chi connectivity index (χ4n) is 2.15. The maximum absolute atomic E-state index is 13.8. The summed E-state index contributed by atoms with van der Waals surface area (Å²) in [5, 5.41) is 9.99. The number of hydrogen-bond donors (Lipinski definition) is 2. The van der Waals surface area contributed by atoms with E-state index < -0.39 is 0 Å². The number of rotatable bonds is 6. The van der Waals surface area contributed by atoms with Gasteiger partial charge >= 0.3 is 0 Å². The van der Waals surface area contributed by atoms with Crippen molar-refractivity contribution in [2.45, 2.75) is 10.1 Å². The van der Waals surface area contributed by atoms with E-state index in [1.165, 1.54) is 17.8 Å². The molecule has 3 aromatic rings. The van der Waals surface area contributed by atoms with Crippen LogP contribution in [-0.2, 0) is 4.79 Å². The number of para-hydroxylation sites is 1. The van der Waals surface area contributed by atoms with Crippen molar-refractivity contribution >= 4 is 35.1 Å². The van der Waals surface area contributed by atoms with Crippen molar-refractivity contribution in [2.75, 3.05) is 17.3 Å². The third-order valence-electron chi connectivity index (χ3n) is 3.31. The van der Waals surface area contributed by atoms with Crippen LogP contribution in [0.25, 0.3) is 11.4 Å². The minimum absolute atomic E-state index is 0.149. The Morgan fingerprint density at radius 2 is 1.96 bits per heavy atom. The molecule has 3 rings (SSSR count). The number of carbonyl (C=O) groups excluding carboxylic acids is 1. The lowest BCUT2D eigenvalue weighted by molar-refractivity contribution is -0.113. The molecule has 0 radical (unpaired) electrons. The Kier molecular flexibility index (Phi) is 5.72. The highest BCUT2D eigenvalue weighted by Gasteiger charge is 2.12. The summed E-state index contributed by atoms with van der Waals surface area (Å²) in [5.41, 5.74) is 1.13. The number of amides is 1. The average molecular weight is 374 g/mol. The number of aromatic amines is 1. The van der Waals surface area contributed by atoms with Gasteiger partial charge in [-0.15, -0.1) is 16.9 Å². The third-order valence-corrected chi connectivity index (χ3v) is 4.95. The zero-order valence-corrected chi connectivity index (χ0v) is 15.0. The molecule has 1 aromatic heterocycles. The normalized spacial score (nSPS) is 10.6. The fraction of sp³-hybridized carbons (Fsp3) is 0.118. The summed E-state index contributed by atoms with van der Waals surface area (Å²) < 4.78 is 13.8. The van der Waals surface area contributed by atoms with Crippen LogP contribution in [0.1, 0.15) is 0 Å². The lowest BCUT2D eigenvalue weighted by Gasteiger charge is -2.08. The second kappa shape index (κ2) is 8.17. The highest BCUT2D eigenvalue weighted by molar-refractivity contribution is 7.99. The predicted molar refractivity (Wildman–Crippen MR) is 99.4 cm³/mol. The van der Waals surface area contributed by atoms with E-state index in [-0.39, 0.29) is 17.5 Å². The fourth-order valence-corrected chi connectivity index (χ4v) is 3.30. The number of benzene rings is 2. The molecule has 0 fully saturated rings. The molecule has 0 aliphatic carbocycles. The van der Waals surface area contributed by atoms with Crippen molar-refractivity contribution < 1.29 is 9.18 Å². The largest absolute Gasteiger partial charge is 0.324 e. The van der Waals surface area contributed by atoms with Crippen molar-refractivity contribution in [2.24, 2.45) is 0 Å². The summed E-state index contributed by atoms with van der Waals surface area (Å²) in [7, 11) is 0. The Morgan fingerprint density at radius 3 is 2.76 bits per heavy atom. The molecular weight excluding hydrogens is 359 g/mol. The lowest BCUT2D eigenvalue weighted by Crippen LogP contribution is -2.14. The van der Waals surface area contributed by atoms with Crippen LogP contribution in [0.3, 0.4) is 0 Å². The van der Waals surface area contributed by atoms with Gasteiger partial charge < -0.3 is 5.32 Å². The van der Waals surface area contributed by atoms with Crippen LogP contribution < -0.4 is 5.32 Å². The summed E-state index contributed by atoms with van der Waals surface area (Å²) in [6, 6.07) is 13.9. The molecule has 1 amide bonds. The van der Waals surface area contributed by atoms with E-state index in [1.54, 1.807) is 30.0 Å². The SMILES string of the molecule is CSc1ccccc1NC(=O)CSc1n[nH]c(-c2ccccc2F)n1. The highest BCUT2D eigenvalue weighted by atomic mass is 32.2. The number of halogens is 1. The molecule has 1 heterocycles. The minimum atomic E-state index is -0.374. The van der Waals surface area contributed by atoms with E-state index in [9.17, 15) is 9.18 Å². The Labute approximate surface area is 152 Å². The summed E-state index contributed by atoms with van der Waals surface area (Å²) in [6.45, 7) is 0. The van der Waals surface area contributed by atoms with Crippen molar-refractivity contribution in [3.05, 3.63) is 54.3 Å². The Hall–Kier alpha value is -2.32. The summed E-state index contributed by atoms with van der Waals surface area (Å²) in [5.74, 6) is -0.0174. The van der Waals surface area contributed by atoms with E-state index in [0.717, 1.165) is 10.6 Å². The summed E-state index contributed by atoms with van der Waals surface area (Å²) >= 11 is 2.76. The second-order valence-corrected chi connectivity index (χ2v) is 6.77. The molecule has 25 heavy (non-hydrogen) atoms. The maximum Gasteiger partial charge on any atom is 0.234 e. The van der Waals surface area contributed by atoms with Gasteiger partial charge in [0.25, 0.3) is 0 Å². The van der Waals surface area contributed by atoms with Gasteiger partial charge in [-0.2, -0.15) is 0 Å². The first kappa shape index (κ1) is 17.5. The molecule has 2 N–H and O–H groups in total. The number of H-pyrrole nitrogens is 1. The molecule has 2 aromatic carbocycles. The molecule has 0 aliphatic rings. The molecular formula is C17H15FN4OS2. The van der Waals surface area contributed by atoms with Gasteiger partial charge in [0.15, 0.2) is 5.82 Å². The van der Waals surface area contributed by atoms with Gasteiger partial charge in [-0.05, 0) is 30.5 Å². The minimum Gasteiger partial charge on any atom is -0.324 e. The Balaban J connectivity index is 1.61. The van der Waals surface area contributed by atoms with E-state index >= 15 is 0 Å². The van der Waals surface area contributed by atoms with Gasteiger partial charge in [0, 0.05) is 4.90 Å². The van der Waals surface area contributed by atoms with Crippen molar-refractivity contribution in [1.82, 2.24) is 15.2 Å². The van der Waals surface area contributed by atoms with Gasteiger partial charge in [-0.3, -0.25) is 9.89 Å². The van der Waals surface area contributed by atoms with Crippen LogP contribution in [0.4, 0.5) is 10.1 Å². The van der Waals surface area contributed by atoms with Gasteiger partial charge in [-0.25, -0.2) is 9.37 Å². The summed E-state index contributed by atoms with van der Waals surface area (Å²) in [6.07, 6.45) is 1.96. The predicted octanol–water partition coefficient (Wildman–Crippen LogP) is 4.06. The number of anilines is 1. The molecule has 8 heteroatoms. The van der Waals surface area contributed by atoms with Gasteiger partial charge in [0.2, 0.25) is 11.1 Å². The Morgan fingerprint density at radius 1 is 1.20 bits per heavy atom. The van der Waals surface area contributed by atoms with Crippen LogP contribution in [0.5, 0.6) is 0 Å². The first-order chi connectivity index (χ1) is 12.2. The van der Waals surface area contributed by atoms with E-state index in [1.807, 2.05) is 30.5 Å². The van der Waals surface area contributed by atoms with Crippen LogP contribution in [0, 0.1) is 5.82 Å². The second-order valence-electron chi connectivity index (χ2n) is 4.98. The van der Waals surface area contributed by atoms with Crippen molar-refractivity contribution in [3.63, 3.8) is 0 Å². The van der Waals surface area contributed by atoms with Gasteiger partial charge in [0.1, 0.15) is 5.82 Å². The summed E-state index contributed by atoms with van der Waals surface area (Å²) in [4.78, 5) is 17.3. The highest BCUT2D eigenvalue weighted by Crippen LogP contribution is 2.25. The molecule has 0 bridgehead atoms. The number of thioether (sulfide) groups is 2. The van der Waals surface area contributed by atoms with E-state index in [4.69, 9.17) is 0 Å². The number of carbonyl (C=O) groups is 1.